The van der Waals surface area contributed by atoms with Crippen LogP contribution in [0.1, 0.15) is 57.3 Å². The number of rotatable bonds is 7. The average Bonchev–Trinajstić information content (AvgIpc) is 2.78. The van der Waals surface area contributed by atoms with E-state index >= 15 is 0 Å². The molecule has 8 heteroatoms. The molecule has 0 saturated heterocycles. The summed E-state index contributed by atoms with van der Waals surface area (Å²) in [7, 11) is -3.76. The summed E-state index contributed by atoms with van der Waals surface area (Å²) in [6.45, 7) is 8.68. The van der Waals surface area contributed by atoms with Crippen LogP contribution in [0.2, 0.25) is 0 Å². The predicted molar refractivity (Wildman–Crippen MR) is 131 cm³/mol. The van der Waals surface area contributed by atoms with E-state index in [0.29, 0.717) is 29.5 Å². The quantitative estimate of drug-likeness (QED) is 0.550. The SMILES string of the molecule is CCOc1ccc(S(=O)(=O)Nc2ccc(C(=O)N/N=C3\CC(C)CCC3=C(C)C)cc2)cc1. The van der Waals surface area contributed by atoms with Crippen molar-refractivity contribution in [3.63, 3.8) is 0 Å². The van der Waals surface area contributed by atoms with E-state index in [1.54, 1.807) is 36.4 Å². The summed E-state index contributed by atoms with van der Waals surface area (Å²) in [5.74, 6) is 0.802. The van der Waals surface area contributed by atoms with Gasteiger partial charge in [-0.2, -0.15) is 5.10 Å². The van der Waals surface area contributed by atoms with E-state index in [4.69, 9.17) is 4.74 Å². The zero-order chi connectivity index (χ0) is 24.0. The molecule has 33 heavy (non-hydrogen) atoms. The molecule has 1 aliphatic carbocycles. The number of hydrogen-bond acceptors (Lipinski definition) is 5. The number of ether oxygens (including phenoxy) is 1. The van der Waals surface area contributed by atoms with Crippen molar-refractivity contribution in [2.75, 3.05) is 11.3 Å². The van der Waals surface area contributed by atoms with Crippen LogP contribution in [-0.2, 0) is 10.0 Å². The van der Waals surface area contributed by atoms with E-state index in [1.165, 1.54) is 23.3 Å². The summed E-state index contributed by atoms with van der Waals surface area (Å²) in [5, 5.41) is 4.39. The van der Waals surface area contributed by atoms with Crippen molar-refractivity contribution in [3.8, 4) is 5.75 Å². The number of sulfonamides is 1. The molecule has 0 radical (unpaired) electrons. The molecule has 1 saturated carbocycles. The van der Waals surface area contributed by atoms with Gasteiger partial charge >= 0.3 is 0 Å². The van der Waals surface area contributed by atoms with Gasteiger partial charge in [-0.3, -0.25) is 9.52 Å². The fraction of sp³-hybridized carbons (Fsp3) is 0.360. The summed E-state index contributed by atoms with van der Waals surface area (Å²) >= 11 is 0. The summed E-state index contributed by atoms with van der Waals surface area (Å²) in [6.07, 6.45) is 2.94. The highest BCUT2D eigenvalue weighted by molar-refractivity contribution is 7.92. The van der Waals surface area contributed by atoms with E-state index < -0.39 is 10.0 Å². The molecule has 1 aliphatic rings. The number of hydrogen-bond donors (Lipinski definition) is 2. The van der Waals surface area contributed by atoms with Gasteiger partial charge in [-0.05, 0) is 100 Å². The fourth-order valence-corrected chi connectivity index (χ4v) is 4.77. The first-order valence-electron chi connectivity index (χ1n) is 11.1. The molecule has 2 aromatic rings. The molecule has 0 heterocycles. The normalized spacial score (nSPS) is 17.5. The van der Waals surface area contributed by atoms with Gasteiger partial charge in [-0.1, -0.05) is 12.5 Å². The number of anilines is 1. The minimum atomic E-state index is -3.76. The van der Waals surface area contributed by atoms with E-state index in [9.17, 15) is 13.2 Å². The molecular weight excluding hydrogens is 438 g/mol. The molecular formula is C25H31N3O4S. The van der Waals surface area contributed by atoms with Gasteiger partial charge in [-0.15, -0.1) is 0 Å². The van der Waals surface area contributed by atoms with Crippen LogP contribution in [0.25, 0.3) is 0 Å². The monoisotopic (exact) mass is 469 g/mol. The second-order valence-corrected chi connectivity index (χ2v) is 10.1. The van der Waals surface area contributed by atoms with E-state index in [0.717, 1.165) is 25.0 Å². The third-order valence-electron chi connectivity index (χ3n) is 5.52. The summed E-state index contributed by atoms with van der Waals surface area (Å²) < 4.78 is 33.1. The second-order valence-electron chi connectivity index (χ2n) is 8.41. The number of nitrogens with one attached hydrogen (secondary N) is 2. The van der Waals surface area contributed by atoms with Crippen molar-refractivity contribution in [1.29, 1.82) is 0 Å². The number of carbonyl (C=O) groups excluding carboxylic acids is 1. The molecule has 0 aliphatic heterocycles. The summed E-state index contributed by atoms with van der Waals surface area (Å²) in [5.41, 5.74) is 6.77. The van der Waals surface area contributed by atoms with Crippen molar-refractivity contribution >= 4 is 27.3 Å². The highest BCUT2D eigenvalue weighted by Gasteiger charge is 2.20. The molecule has 0 bridgehead atoms. The number of amides is 1. The lowest BCUT2D eigenvalue weighted by Crippen LogP contribution is -2.24. The molecule has 0 aromatic heterocycles. The van der Waals surface area contributed by atoms with Crippen molar-refractivity contribution < 1.29 is 17.9 Å². The Balaban J connectivity index is 1.67. The minimum absolute atomic E-state index is 0.125. The first kappa shape index (κ1) is 24.5. The zero-order valence-electron chi connectivity index (χ0n) is 19.5. The Hall–Kier alpha value is -3.13. The molecule has 176 valence electrons. The average molecular weight is 470 g/mol. The number of benzene rings is 2. The molecule has 7 nitrogen and oxygen atoms in total. The number of allylic oxidation sites excluding steroid dienone is 2. The highest BCUT2D eigenvalue weighted by Crippen LogP contribution is 2.28. The van der Waals surface area contributed by atoms with Crippen LogP contribution in [0.5, 0.6) is 5.75 Å². The Morgan fingerprint density at radius 2 is 1.76 bits per heavy atom. The Bertz CT molecular complexity index is 1150. The lowest BCUT2D eigenvalue weighted by atomic mass is 9.83. The van der Waals surface area contributed by atoms with Gasteiger partial charge in [0.2, 0.25) is 0 Å². The predicted octanol–water partition coefficient (Wildman–Crippen LogP) is 5.13. The maximum Gasteiger partial charge on any atom is 0.271 e. The Morgan fingerprint density at radius 1 is 1.09 bits per heavy atom. The van der Waals surface area contributed by atoms with Crippen LogP contribution in [0, 0.1) is 5.92 Å². The largest absolute Gasteiger partial charge is 0.494 e. The molecule has 2 aromatic carbocycles. The van der Waals surface area contributed by atoms with Gasteiger partial charge in [0.25, 0.3) is 15.9 Å². The second kappa shape index (κ2) is 10.7. The Labute approximate surface area is 196 Å². The smallest absolute Gasteiger partial charge is 0.271 e. The van der Waals surface area contributed by atoms with E-state index in [1.807, 2.05) is 6.92 Å². The van der Waals surface area contributed by atoms with Crippen LogP contribution in [0.15, 0.2) is 69.7 Å². The lowest BCUT2D eigenvalue weighted by molar-refractivity contribution is 0.0954. The van der Waals surface area contributed by atoms with Gasteiger partial charge in [0.1, 0.15) is 5.75 Å². The van der Waals surface area contributed by atoms with Crippen LogP contribution in [-0.4, -0.2) is 26.6 Å². The summed E-state index contributed by atoms with van der Waals surface area (Å²) in [6, 6.07) is 12.4. The van der Waals surface area contributed by atoms with Gasteiger partial charge in [-0.25, -0.2) is 13.8 Å². The zero-order valence-corrected chi connectivity index (χ0v) is 20.3. The van der Waals surface area contributed by atoms with Gasteiger partial charge in [0.15, 0.2) is 0 Å². The van der Waals surface area contributed by atoms with Gasteiger partial charge in [0, 0.05) is 11.3 Å². The molecule has 3 rings (SSSR count). The van der Waals surface area contributed by atoms with Crippen LogP contribution >= 0.6 is 0 Å². The Morgan fingerprint density at radius 3 is 2.36 bits per heavy atom. The Kier molecular flexibility index (Phi) is 7.92. The molecule has 1 atom stereocenters. The maximum atomic E-state index is 12.6. The third-order valence-corrected chi connectivity index (χ3v) is 6.91. The maximum absolute atomic E-state index is 12.6. The number of nitrogens with zero attached hydrogens (tertiary/aromatic N) is 1. The first-order valence-corrected chi connectivity index (χ1v) is 12.6. The van der Waals surface area contributed by atoms with Gasteiger partial charge < -0.3 is 4.74 Å². The molecule has 2 N–H and O–H groups in total. The minimum Gasteiger partial charge on any atom is -0.494 e. The number of carbonyl (C=O) groups is 1. The van der Waals surface area contributed by atoms with Crippen molar-refractivity contribution in [2.24, 2.45) is 11.0 Å². The topological polar surface area (TPSA) is 96.9 Å². The molecule has 1 amide bonds. The van der Waals surface area contributed by atoms with Crippen molar-refractivity contribution in [2.45, 2.75) is 51.9 Å². The highest BCUT2D eigenvalue weighted by atomic mass is 32.2. The molecule has 1 unspecified atom stereocenters. The van der Waals surface area contributed by atoms with Crippen LogP contribution < -0.4 is 14.9 Å². The first-order chi connectivity index (χ1) is 15.7. The standard InChI is InChI=1S/C25H31N3O4S/c1-5-32-21-11-13-22(14-12-21)33(30,31)28-20-9-7-19(8-10-20)25(29)27-26-24-16-18(4)6-15-23(24)17(2)3/h7-14,18,28H,5-6,15-16H2,1-4H3,(H,27,29)/b26-24+. The van der Waals surface area contributed by atoms with Crippen LogP contribution in [0.3, 0.4) is 0 Å². The van der Waals surface area contributed by atoms with Gasteiger partial charge in [0.05, 0.1) is 17.2 Å². The summed E-state index contributed by atoms with van der Waals surface area (Å²) in [4.78, 5) is 12.7. The van der Waals surface area contributed by atoms with Crippen molar-refractivity contribution in [1.82, 2.24) is 5.43 Å². The molecule has 0 spiro atoms. The lowest BCUT2D eigenvalue weighted by Gasteiger charge is -2.23. The molecule has 1 fully saturated rings. The van der Waals surface area contributed by atoms with Crippen LogP contribution in [0.4, 0.5) is 5.69 Å². The van der Waals surface area contributed by atoms with E-state index in [-0.39, 0.29) is 10.8 Å². The fourth-order valence-electron chi connectivity index (χ4n) is 3.71. The third kappa shape index (κ3) is 6.44. The number of hydrazone groups is 1. The van der Waals surface area contributed by atoms with Crippen molar-refractivity contribution in [3.05, 3.63) is 65.2 Å². The van der Waals surface area contributed by atoms with E-state index in [2.05, 4.69) is 36.0 Å².